The fourth-order valence-corrected chi connectivity index (χ4v) is 2.76. The van der Waals surface area contributed by atoms with Crippen LogP contribution >= 0.6 is 29.0 Å². The molecule has 15 heavy (non-hydrogen) atoms. The Bertz CT molecular complexity index is 439. The predicted molar refractivity (Wildman–Crippen MR) is 62.0 cm³/mol. The van der Waals surface area contributed by atoms with Gasteiger partial charge in [-0.05, 0) is 31.0 Å². The number of benzene rings is 1. The van der Waals surface area contributed by atoms with E-state index in [0.717, 1.165) is 11.1 Å². The molecule has 7 heteroatoms. The maximum absolute atomic E-state index is 10.9. The van der Waals surface area contributed by atoms with Crippen molar-refractivity contribution in [2.75, 3.05) is 0 Å². The van der Waals surface area contributed by atoms with E-state index in [1.165, 1.54) is 6.07 Å². The number of phosphoric ester groups is 1. The molecule has 1 aromatic carbocycles. The Morgan fingerprint density at radius 3 is 2.40 bits per heavy atom. The topological polar surface area (TPSA) is 83.8 Å². The van der Waals surface area contributed by atoms with Crippen LogP contribution in [0.3, 0.4) is 0 Å². The molecule has 0 unspecified atom stereocenters. The maximum Gasteiger partial charge on any atom is 0.524 e. The van der Waals surface area contributed by atoms with Crippen molar-refractivity contribution in [3.8, 4) is 5.75 Å². The van der Waals surface area contributed by atoms with Crippen LogP contribution in [0, 0.1) is 17.4 Å². The van der Waals surface area contributed by atoms with Crippen molar-refractivity contribution in [2.24, 2.45) is 0 Å². The quantitative estimate of drug-likeness (QED) is 0.649. The van der Waals surface area contributed by atoms with Gasteiger partial charge in [0, 0.05) is 0 Å². The van der Waals surface area contributed by atoms with Gasteiger partial charge in [0.2, 0.25) is 0 Å². The molecule has 0 atom stereocenters. The Labute approximate surface area is 97.3 Å². The minimum absolute atomic E-state index is 0.0173. The zero-order valence-electron chi connectivity index (χ0n) is 8.10. The van der Waals surface area contributed by atoms with Crippen LogP contribution in [0.25, 0.3) is 0 Å². The molecule has 84 valence electrons. The van der Waals surface area contributed by atoms with Crippen LogP contribution in [-0.4, -0.2) is 9.79 Å². The van der Waals surface area contributed by atoms with Crippen molar-refractivity contribution in [1.82, 2.24) is 0 Å². The van der Waals surface area contributed by atoms with Gasteiger partial charge >= 0.3 is 7.82 Å². The van der Waals surface area contributed by atoms with Gasteiger partial charge in [-0.1, -0.05) is 6.07 Å². The van der Waals surface area contributed by atoms with Crippen molar-refractivity contribution in [3.05, 3.63) is 26.8 Å². The lowest BCUT2D eigenvalue weighted by Crippen LogP contribution is -1.95. The molecule has 0 saturated heterocycles. The first kappa shape index (κ1) is 12.8. The monoisotopic (exact) mass is 344 g/mol. The summed E-state index contributed by atoms with van der Waals surface area (Å²) in [5.74, 6) is 0.0173. The Hall–Kier alpha value is -0.300. The Morgan fingerprint density at radius 2 is 1.93 bits per heavy atom. The van der Waals surface area contributed by atoms with Gasteiger partial charge in [0.05, 0.1) is 3.57 Å². The summed E-state index contributed by atoms with van der Waals surface area (Å²) >= 11 is -1.52. The van der Waals surface area contributed by atoms with E-state index in [1.807, 2.05) is 0 Å². The first-order valence-electron chi connectivity index (χ1n) is 3.97. The number of hydrogen-bond acceptors (Lipinski definition) is 3. The second-order valence-electron chi connectivity index (χ2n) is 3.05. The molecule has 1 aromatic rings. The van der Waals surface area contributed by atoms with Crippen molar-refractivity contribution in [2.45, 2.75) is 13.8 Å². The molecule has 1 rings (SSSR count). The number of aryl methyl sites for hydroxylation is 2. The second kappa shape index (κ2) is 4.69. The highest BCUT2D eigenvalue weighted by Gasteiger charge is 2.19. The van der Waals surface area contributed by atoms with Crippen LogP contribution in [0.5, 0.6) is 5.75 Å². The van der Waals surface area contributed by atoms with E-state index in [4.69, 9.17) is 9.79 Å². The van der Waals surface area contributed by atoms with Gasteiger partial charge in [-0.15, -0.1) is 0 Å². The Morgan fingerprint density at radius 1 is 1.33 bits per heavy atom. The summed E-state index contributed by atoms with van der Waals surface area (Å²) < 4.78 is 26.5. The second-order valence-corrected chi connectivity index (χ2v) is 5.74. The maximum atomic E-state index is 10.9. The molecule has 0 heterocycles. The van der Waals surface area contributed by atoms with Gasteiger partial charge in [0.15, 0.2) is 21.2 Å². The summed E-state index contributed by atoms with van der Waals surface area (Å²) in [6.45, 7) is 3.50. The Balaban J connectivity index is 3.27. The van der Waals surface area contributed by atoms with E-state index >= 15 is 0 Å². The third-order valence-electron chi connectivity index (χ3n) is 1.66. The molecule has 0 bridgehead atoms. The lowest BCUT2D eigenvalue weighted by Gasteiger charge is -2.10. The molecular formula is C8H10IO5P. The standard InChI is InChI=1S/C8H10IO5P/c1-5-3-6(2)8(9-10)7(4-5)14-15(11,12)13/h3-4H,1-2H3,(H2,11,12,13). The smallest absolute Gasteiger partial charge is 0.403 e. The first-order valence-corrected chi connectivity index (χ1v) is 7.46. The fourth-order valence-electron chi connectivity index (χ4n) is 1.20. The minimum Gasteiger partial charge on any atom is -0.403 e. The molecule has 0 saturated carbocycles. The van der Waals surface area contributed by atoms with Gasteiger partial charge in [-0.3, -0.25) is 12.9 Å². The zero-order chi connectivity index (χ0) is 11.6. The van der Waals surface area contributed by atoms with Crippen LogP contribution in [0.4, 0.5) is 0 Å². The molecule has 0 aromatic heterocycles. The summed E-state index contributed by atoms with van der Waals surface area (Å²) in [5, 5.41) is 0. The highest BCUT2D eigenvalue weighted by Crippen LogP contribution is 2.41. The number of halogens is 1. The van der Waals surface area contributed by atoms with E-state index in [9.17, 15) is 7.63 Å². The van der Waals surface area contributed by atoms with Gasteiger partial charge in [0.1, 0.15) is 5.75 Å². The largest absolute Gasteiger partial charge is 0.524 e. The van der Waals surface area contributed by atoms with Crippen molar-refractivity contribution in [1.29, 1.82) is 0 Å². The van der Waals surface area contributed by atoms with Crippen molar-refractivity contribution >= 4 is 29.0 Å². The van der Waals surface area contributed by atoms with Crippen LogP contribution in [-0.2, 0) is 7.63 Å². The van der Waals surface area contributed by atoms with Gasteiger partial charge in [-0.2, -0.15) is 0 Å². The lowest BCUT2D eigenvalue weighted by atomic mass is 10.1. The van der Waals surface area contributed by atoms with E-state index in [2.05, 4.69) is 4.52 Å². The average molecular weight is 344 g/mol. The first-order chi connectivity index (χ1) is 6.83. The third-order valence-corrected chi connectivity index (χ3v) is 3.92. The van der Waals surface area contributed by atoms with E-state index in [1.54, 1.807) is 19.9 Å². The van der Waals surface area contributed by atoms with E-state index in [0.29, 0.717) is 3.57 Å². The average Bonchev–Trinajstić information content (AvgIpc) is 1.99. The lowest BCUT2D eigenvalue weighted by molar-refractivity contribution is 0.282. The zero-order valence-corrected chi connectivity index (χ0v) is 11.2. The summed E-state index contributed by atoms with van der Waals surface area (Å²) in [6, 6.07) is 3.26. The number of hydrogen-bond donors (Lipinski definition) is 2. The summed E-state index contributed by atoms with van der Waals surface area (Å²) in [7, 11) is -4.59. The molecular weight excluding hydrogens is 334 g/mol. The summed E-state index contributed by atoms with van der Waals surface area (Å²) in [5.41, 5.74) is 1.53. The highest BCUT2D eigenvalue weighted by molar-refractivity contribution is 14.1. The third kappa shape index (κ3) is 3.64. The number of rotatable bonds is 3. The molecule has 2 N–H and O–H groups in total. The van der Waals surface area contributed by atoms with Crippen LogP contribution in [0.2, 0.25) is 0 Å². The predicted octanol–water partition coefficient (Wildman–Crippen LogP) is 2.26. The molecule has 5 nitrogen and oxygen atoms in total. The Kier molecular flexibility index (Phi) is 3.99. The van der Waals surface area contributed by atoms with Gasteiger partial charge in [-0.25, -0.2) is 4.57 Å². The van der Waals surface area contributed by atoms with Crippen molar-refractivity contribution < 1.29 is 21.9 Å². The normalized spacial score (nSPS) is 11.5. The van der Waals surface area contributed by atoms with E-state index < -0.39 is 29.0 Å². The molecule has 0 aliphatic rings. The molecule has 0 radical (unpaired) electrons. The van der Waals surface area contributed by atoms with Crippen LogP contribution in [0.1, 0.15) is 11.1 Å². The van der Waals surface area contributed by atoms with E-state index in [-0.39, 0.29) is 5.75 Å². The fraction of sp³-hybridized carbons (Fsp3) is 0.250. The molecule has 0 spiro atoms. The summed E-state index contributed by atoms with van der Waals surface area (Å²) in [4.78, 5) is 17.3. The van der Waals surface area contributed by atoms with Crippen molar-refractivity contribution in [3.63, 3.8) is 0 Å². The SMILES string of the molecule is Cc1cc(C)c(I=O)c(OP(=O)(O)O)c1. The molecule has 0 amide bonds. The molecule has 0 fully saturated rings. The molecule has 0 aliphatic carbocycles. The summed E-state index contributed by atoms with van der Waals surface area (Å²) in [6.07, 6.45) is 0. The van der Waals surface area contributed by atoms with Gasteiger partial charge < -0.3 is 4.52 Å². The minimum atomic E-state index is -4.59. The highest BCUT2D eigenvalue weighted by atomic mass is 127. The van der Waals surface area contributed by atoms with Crippen LogP contribution in [0.15, 0.2) is 12.1 Å². The molecule has 0 aliphatic heterocycles. The van der Waals surface area contributed by atoms with Crippen LogP contribution < -0.4 is 4.52 Å². The van der Waals surface area contributed by atoms with Gasteiger partial charge in [0.25, 0.3) is 0 Å². The number of phosphoric acid groups is 1.